The summed E-state index contributed by atoms with van der Waals surface area (Å²) >= 11 is 0. The first-order valence-corrected chi connectivity index (χ1v) is 7.97. The first-order valence-electron chi connectivity index (χ1n) is 7.97. The van der Waals surface area contributed by atoms with E-state index in [1.807, 2.05) is 6.20 Å². The van der Waals surface area contributed by atoms with E-state index in [0.29, 0.717) is 0 Å². The molecule has 110 valence electrons. The zero-order valence-corrected chi connectivity index (χ0v) is 13.0. The van der Waals surface area contributed by atoms with E-state index in [4.69, 9.17) is 0 Å². The molecule has 0 radical (unpaired) electrons. The van der Waals surface area contributed by atoms with Gasteiger partial charge in [-0.05, 0) is 64.0 Å². The number of hydrogen-bond donors (Lipinski definition) is 1. The predicted molar refractivity (Wildman–Crippen MR) is 83.9 cm³/mol. The number of nitrogens with one attached hydrogen (secondary N) is 1. The highest BCUT2D eigenvalue weighted by molar-refractivity contribution is 5.53. The fourth-order valence-electron chi connectivity index (χ4n) is 2.59. The molecule has 2 saturated carbocycles. The fourth-order valence-corrected chi connectivity index (χ4v) is 2.59. The standard InChI is InChI=1S/C17H27N3/c1-17(2,3)19-10-14-8-9-18-11-16(14)20(15-6-7-15)12-13-4-5-13/h8-9,11,13,15,19H,4-7,10,12H2,1-3H3. The highest BCUT2D eigenvalue weighted by atomic mass is 15.2. The molecule has 0 amide bonds. The van der Waals surface area contributed by atoms with Crippen LogP contribution in [0.25, 0.3) is 0 Å². The molecule has 0 atom stereocenters. The molecule has 0 saturated heterocycles. The van der Waals surface area contributed by atoms with Crippen LogP contribution in [-0.2, 0) is 6.54 Å². The van der Waals surface area contributed by atoms with Crippen LogP contribution in [0.2, 0.25) is 0 Å². The molecule has 0 bridgehead atoms. The molecule has 3 rings (SSSR count). The summed E-state index contributed by atoms with van der Waals surface area (Å²) < 4.78 is 0. The van der Waals surface area contributed by atoms with Gasteiger partial charge in [0.05, 0.1) is 11.9 Å². The normalized spacial score (nSPS) is 19.1. The summed E-state index contributed by atoms with van der Waals surface area (Å²) in [5.41, 5.74) is 2.91. The maximum atomic E-state index is 4.38. The van der Waals surface area contributed by atoms with Crippen LogP contribution < -0.4 is 10.2 Å². The van der Waals surface area contributed by atoms with E-state index in [1.165, 1.54) is 43.5 Å². The van der Waals surface area contributed by atoms with Crippen molar-refractivity contribution >= 4 is 5.69 Å². The van der Waals surface area contributed by atoms with Gasteiger partial charge in [-0.15, -0.1) is 0 Å². The Bertz CT molecular complexity index is 456. The summed E-state index contributed by atoms with van der Waals surface area (Å²) in [6.07, 6.45) is 9.53. The molecule has 1 aromatic heterocycles. The van der Waals surface area contributed by atoms with Gasteiger partial charge in [-0.1, -0.05) is 0 Å². The third-order valence-corrected chi connectivity index (χ3v) is 4.15. The minimum atomic E-state index is 0.154. The summed E-state index contributed by atoms with van der Waals surface area (Å²) in [4.78, 5) is 7.01. The minimum Gasteiger partial charge on any atom is -0.367 e. The zero-order chi connectivity index (χ0) is 14.2. The van der Waals surface area contributed by atoms with Crippen LogP contribution in [-0.4, -0.2) is 23.1 Å². The lowest BCUT2D eigenvalue weighted by Gasteiger charge is -2.28. The molecule has 1 aromatic rings. The van der Waals surface area contributed by atoms with E-state index in [9.17, 15) is 0 Å². The molecule has 3 nitrogen and oxygen atoms in total. The molecule has 0 unspecified atom stereocenters. The summed E-state index contributed by atoms with van der Waals surface area (Å²) in [5.74, 6) is 0.930. The summed E-state index contributed by atoms with van der Waals surface area (Å²) in [5, 5.41) is 3.61. The van der Waals surface area contributed by atoms with E-state index in [0.717, 1.165) is 18.5 Å². The van der Waals surface area contributed by atoms with Gasteiger partial charge in [-0.25, -0.2) is 0 Å². The average Bonchev–Trinajstić information content (AvgIpc) is 3.25. The van der Waals surface area contributed by atoms with Gasteiger partial charge in [0.1, 0.15) is 0 Å². The van der Waals surface area contributed by atoms with Crippen molar-refractivity contribution < 1.29 is 0 Å². The van der Waals surface area contributed by atoms with Gasteiger partial charge in [-0.3, -0.25) is 4.98 Å². The highest BCUT2D eigenvalue weighted by Crippen LogP contribution is 2.38. The van der Waals surface area contributed by atoms with Gasteiger partial charge in [0.25, 0.3) is 0 Å². The van der Waals surface area contributed by atoms with Crippen molar-refractivity contribution in [1.82, 2.24) is 10.3 Å². The topological polar surface area (TPSA) is 28.2 Å². The molecule has 2 fully saturated rings. The summed E-state index contributed by atoms with van der Waals surface area (Å²) in [7, 11) is 0. The zero-order valence-electron chi connectivity index (χ0n) is 13.0. The van der Waals surface area contributed by atoms with Crippen molar-refractivity contribution in [3.8, 4) is 0 Å². The lowest BCUT2D eigenvalue weighted by atomic mass is 10.1. The Hall–Kier alpha value is -1.09. The molecular formula is C17H27N3. The van der Waals surface area contributed by atoms with Crippen LogP contribution >= 0.6 is 0 Å². The Morgan fingerprint density at radius 2 is 2.00 bits per heavy atom. The van der Waals surface area contributed by atoms with E-state index in [2.05, 4.69) is 48.2 Å². The monoisotopic (exact) mass is 273 g/mol. The van der Waals surface area contributed by atoms with Crippen molar-refractivity contribution in [2.24, 2.45) is 5.92 Å². The van der Waals surface area contributed by atoms with Gasteiger partial charge in [0, 0.05) is 30.9 Å². The molecular weight excluding hydrogens is 246 g/mol. The third-order valence-electron chi connectivity index (χ3n) is 4.15. The predicted octanol–water partition coefficient (Wildman–Crippen LogP) is 3.35. The molecule has 3 heteroatoms. The Labute approximate surface area is 122 Å². The highest BCUT2D eigenvalue weighted by Gasteiger charge is 2.34. The van der Waals surface area contributed by atoms with Crippen molar-refractivity contribution in [3.63, 3.8) is 0 Å². The summed E-state index contributed by atoms with van der Waals surface area (Å²) in [6.45, 7) is 8.82. The lowest BCUT2D eigenvalue weighted by Crippen LogP contribution is -2.36. The molecule has 1 N–H and O–H groups in total. The van der Waals surface area contributed by atoms with E-state index >= 15 is 0 Å². The number of rotatable bonds is 6. The second-order valence-corrected chi connectivity index (χ2v) is 7.43. The Kier molecular flexibility index (Phi) is 3.72. The molecule has 2 aliphatic carbocycles. The van der Waals surface area contributed by atoms with Gasteiger partial charge in [-0.2, -0.15) is 0 Å². The first-order chi connectivity index (χ1) is 9.53. The molecule has 0 aliphatic heterocycles. The van der Waals surface area contributed by atoms with Gasteiger partial charge >= 0.3 is 0 Å². The van der Waals surface area contributed by atoms with Gasteiger partial charge < -0.3 is 10.2 Å². The van der Waals surface area contributed by atoms with E-state index in [1.54, 1.807) is 0 Å². The number of nitrogens with zero attached hydrogens (tertiary/aromatic N) is 2. The van der Waals surface area contributed by atoms with Crippen molar-refractivity contribution in [2.45, 2.75) is 64.6 Å². The quantitative estimate of drug-likeness (QED) is 0.861. The molecule has 1 heterocycles. The second kappa shape index (κ2) is 5.36. The van der Waals surface area contributed by atoms with Crippen LogP contribution in [0.5, 0.6) is 0 Å². The second-order valence-electron chi connectivity index (χ2n) is 7.43. The SMILES string of the molecule is CC(C)(C)NCc1ccncc1N(CC1CC1)C1CC1. The number of aromatic nitrogens is 1. The van der Waals surface area contributed by atoms with Crippen LogP contribution in [0.1, 0.15) is 52.0 Å². The van der Waals surface area contributed by atoms with Crippen LogP contribution in [0.15, 0.2) is 18.5 Å². The van der Waals surface area contributed by atoms with Crippen molar-refractivity contribution in [2.75, 3.05) is 11.4 Å². The number of hydrogen-bond acceptors (Lipinski definition) is 3. The Morgan fingerprint density at radius 3 is 2.60 bits per heavy atom. The van der Waals surface area contributed by atoms with Crippen molar-refractivity contribution in [1.29, 1.82) is 0 Å². The minimum absolute atomic E-state index is 0.154. The number of pyridine rings is 1. The largest absolute Gasteiger partial charge is 0.367 e. The molecule has 0 spiro atoms. The van der Waals surface area contributed by atoms with E-state index < -0.39 is 0 Å². The average molecular weight is 273 g/mol. The summed E-state index contributed by atoms with van der Waals surface area (Å²) in [6, 6.07) is 2.95. The maximum absolute atomic E-state index is 4.38. The third kappa shape index (κ3) is 3.72. The van der Waals surface area contributed by atoms with Crippen LogP contribution in [0.3, 0.4) is 0 Å². The smallest absolute Gasteiger partial charge is 0.0600 e. The van der Waals surface area contributed by atoms with Crippen molar-refractivity contribution in [3.05, 3.63) is 24.0 Å². The van der Waals surface area contributed by atoms with E-state index in [-0.39, 0.29) is 5.54 Å². The molecule has 0 aromatic carbocycles. The van der Waals surface area contributed by atoms with Gasteiger partial charge in [0.15, 0.2) is 0 Å². The molecule has 20 heavy (non-hydrogen) atoms. The van der Waals surface area contributed by atoms with Crippen LogP contribution in [0.4, 0.5) is 5.69 Å². The first kappa shape index (κ1) is 13.9. The fraction of sp³-hybridized carbons (Fsp3) is 0.706. The maximum Gasteiger partial charge on any atom is 0.0600 e. The molecule has 2 aliphatic rings. The Balaban J connectivity index is 1.76. The Morgan fingerprint density at radius 1 is 1.25 bits per heavy atom. The van der Waals surface area contributed by atoms with Crippen LogP contribution in [0, 0.1) is 5.92 Å². The number of anilines is 1. The lowest BCUT2D eigenvalue weighted by molar-refractivity contribution is 0.424. The van der Waals surface area contributed by atoms with Gasteiger partial charge in [0.2, 0.25) is 0 Å².